The molecule has 0 aliphatic rings. The number of aromatic nitrogens is 5. The average molecular weight is 319 g/mol. The first kappa shape index (κ1) is 14.6. The highest BCUT2D eigenvalue weighted by molar-refractivity contribution is 5.81. The molecule has 0 saturated heterocycles. The van der Waals surface area contributed by atoms with Crippen LogP contribution >= 0.6 is 0 Å². The minimum atomic E-state index is -0.0961. The van der Waals surface area contributed by atoms with Crippen LogP contribution in [0.4, 0.5) is 0 Å². The summed E-state index contributed by atoms with van der Waals surface area (Å²) in [4.78, 5) is 24.0. The lowest BCUT2D eigenvalue weighted by atomic mass is 10.1. The van der Waals surface area contributed by atoms with Crippen molar-refractivity contribution in [3.63, 3.8) is 0 Å². The largest absolute Gasteiger partial charge is 0.322 e. The van der Waals surface area contributed by atoms with E-state index >= 15 is 0 Å². The molecule has 4 rings (SSSR count). The zero-order valence-corrected chi connectivity index (χ0v) is 13.6. The Bertz CT molecular complexity index is 1110. The molecule has 0 unspecified atom stereocenters. The summed E-state index contributed by atoms with van der Waals surface area (Å²) >= 11 is 0. The Morgan fingerprint density at radius 1 is 1.21 bits per heavy atom. The molecular weight excluding hydrogens is 302 g/mol. The maximum absolute atomic E-state index is 12.4. The van der Waals surface area contributed by atoms with Gasteiger partial charge in [-0.25, -0.2) is 14.6 Å². The maximum atomic E-state index is 12.4. The molecule has 0 atom stereocenters. The number of benzene rings is 1. The van der Waals surface area contributed by atoms with Crippen molar-refractivity contribution >= 4 is 21.9 Å². The summed E-state index contributed by atoms with van der Waals surface area (Å²) in [7, 11) is 0. The van der Waals surface area contributed by atoms with E-state index in [2.05, 4.69) is 27.0 Å². The molecule has 0 bridgehead atoms. The molecule has 1 N–H and O–H groups in total. The normalized spacial score (nSPS) is 11.4. The van der Waals surface area contributed by atoms with Gasteiger partial charge in [0.2, 0.25) is 0 Å². The molecule has 0 aliphatic carbocycles. The second-order valence-electron chi connectivity index (χ2n) is 5.83. The summed E-state index contributed by atoms with van der Waals surface area (Å²) in [6.07, 6.45) is 2.34. The number of hydrogen-bond acceptors (Lipinski definition) is 4. The highest BCUT2D eigenvalue weighted by Crippen LogP contribution is 2.20. The van der Waals surface area contributed by atoms with Crippen LogP contribution in [0.3, 0.4) is 0 Å². The highest BCUT2D eigenvalue weighted by Gasteiger charge is 2.14. The molecule has 0 spiro atoms. The molecule has 6 nitrogen and oxygen atoms in total. The number of fused-ring (bicyclic) bond motifs is 2. The zero-order valence-electron chi connectivity index (χ0n) is 13.6. The summed E-state index contributed by atoms with van der Waals surface area (Å²) in [5.41, 5.74) is 4.05. The van der Waals surface area contributed by atoms with Gasteiger partial charge >= 0.3 is 0 Å². The van der Waals surface area contributed by atoms with Gasteiger partial charge in [0.15, 0.2) is 5.65 Å². The number of nitrogens with zero attached hydrogens (tertiary/aromatic N) is 4. The van der Waals surface area contributed by atoms with Crippen LogP contribution in [-0.4, -0.2) is 24.7 Å². The van der Waals surface area contributed by atoms with E-state index < -0.39 is 0 Å². The smallest absolute Gasteiger partial charge is 0.253 e. The van der Waals surface area contributed by atoms with E-state index in [4.69, 9.17) is 0 Å². The lowest BCUT2D eigenvalue weighted by Gasteiger charge is -2.05. The predicted molar refractivity (Wildman–Crippen MR) is 93.1 cm³/mol. The van der Waals surface area contributed by atoms with Crippen molar-refractivity contribution in [2.75, 3.05) is 0 Å². The SMILES string of the molecule is CCc1nn(Cc2cc3ccccc3[nH]c2=O)c2ncnc(C)c12. The van der Waals surface area contributed by atoms with Gasteiger partial charge in [0.1, 0.15) is 6.33 Å². The van der Waals surface area contributed by atoms with Gasteiger partial charge in [0.25, 0.3) is 5.56 Å². The predicted octanol–water partition coefficient (Wildman–Crippen LogP) is 2.59. The minimum absolute atomic E-state index is 0.0961. The quantitative estimate of drug-likeness (QED) is 0.630. The second-order valence-corrected chi connectivity index (χ2v) is 5.83. The van der Waals surface area contributed by atoms with Crippen LogP contribution in [0.5, 0.6) is 0 Å². The number of H-pyrrole nitrogens is 1. The van der Waals surface area contributed by atoms with Gasteiger partial charge in [-0.2, -0.15) is 5.10 Å². The van der Waals surface area contributed by atoms with E-state index in [1.807, 2.05) is 37.3 Å². The Morgan fingerprint density at radius 2 is 2.04 bits per heavy atom. The summed E-state index contributed by atoms with van der Waals surface area (Å²) in [6.45, 7) is 4.40. The fraction of sp³-hybridized carbons (Fsp3) is 0.222. The molecule has 0 saturated carbocycles. The molecule has 0 fully saturated rings. The number of rotatable bonds is 3. The third-order valence-corrected chi connectivity index (χ3v) is 4.28. The van der Waals surface area contributed by atoms with Crippen molar-refractivity contribution in [2.24, 2.45) is 0 Å². The number of pyridine rings is 1. The lowest BCUT2D eigenvalue weighted by Crippen LogP contribution is -2.16. The molecule has 1 aromatic carbocycles. The van der Waals surface area contributed by atoms with Crippen LogP contribution in [-0.2, 0) is 13.0 Å². The number of hydrogen-bond donors (Lipinski definition) is 1. The van der Waals surface area contributed by atoms with Crippen molar-refractivity contribution in [3.05, 3.63) is 64.0 Å². The first-order chi connectivity index (χ1) is 11.7. The Balaban J connectivity index is 1.87. The van der Waals surface area contributed by atoms with Gasteiger partial charge in [0, 0.05) is 11.1 Å². The third-order valence-electron chi connectivity index (χ3n) is 4.28. The van der Waals surface area contributed by atoms with Gasteiger partial charge < -0.3 is 4.98 Å². The summed E-state index contributed by atoms with van der Waals surface area (Å²) < 4.78 is 1.79. The minimum Gasteiger partial charge on any atom is -0.322 e. The molecule has 3 aromatic heterocycles. The molecule has 0 aliphatic heterocycles. The first-order valence-electron chi connectivity index (χ1n) is 7.95. The highest BCUT2D eigenvalue weighted by atomic mass is 16.1. The summed E-state index contributed by atoms with van der Waals surface area (Å²) in [5, 5.41) is 6.63. The van der Waals surface area contributed by atoms with E-state index in [1.165, 1.54) is 0 Å². The van der Waals surface area contributed by atoms with Gasteiger partial charge in [-0.1, -0.05) is 25.1 Å². The zero-order chi connectivity index (χ0) is 16.7. The van der Waals surface area contributed by atoms with Crippen molar-refractivity contribution in [3.8, 4) is 0 Å². The Kier molecular flexibility index (Phi) is 3.37. The summed E-state index contributed by atoms with van der Waals surface area (Å²) in [5.74, 6) is 0. The van der Waals surface area contributed by atoms with Crippen molar-refractivity contribution in [1.29, 1.82) is 0 Å². The van der Waals surface area contributed by atoms with Gasteiger partial charge in [-0.05, 0) is 30.9 Å². The van der Waals surface area contributed by atoms with Gasteiger partial charge in [0.05, 0.1) is 23.3 Å². The number of nitrogens with one attached hydrogen (secondary N) is 1. The Labute approximate surface area is 138 Å². The van der Waals surface area contributed by atoms with Crippen LogP contribution in [0.15, 0.2) is 41.5 Å². The summed E-state index contributed by atoms with van der Waals surface area (Å²) in [6, 6.07) is 9.67. The molecular formula is C18H17N5O. The molecule has 0 radical (unpaired) electrons. The van der Waals surface area contributed by atoms with Crippen molar-refractivity contribution in [1.82, 2.24) is 24.7 Å². The monoisotopic (exact) mass is 319 g/mol. The number of aromatic amines is 1. The van der Waals surface area contributed by atoms with E-state index in [0.29, 0.717) is 12.1 Å². The molecule has 3 heterocycles. The fourth-order valence-corrected chi connectivity index (χ4v) is 3.07. The van der Waals surface area contributed by atoms with E-state index in [9.17, 15) is 4.79 Å². The van der Waals surface area contributed by atoms with Crippen molar-refractivity contribution < 1.29 is 0 Å². The molecule has 0 amide bonds. The van der Waals surface area contributed by atoms with Gasteiger partial charge in [-0.15, -0.1) is 0 Å². The second kappa shape index (κ2) is 5.56. The van der Waals surface area contributed by atoms with Crippen LogP contribution in [0.2, 0.25) is 0 Å². The maximum Gasteiger partial charge on any atom is 0.253 e. The van der Waals surface area contributed by atoms with Crippen molar-refractivity contribution in [2.45, 2.75) is 26.8 Å². The van der Waals surface area contributed by atoms with E-state index in [0.717, 1.165) is 39.7 Å². The number of para-hydroxylation sites is 1. The Hall–Kier alpha value is -3.02. The third kappa shape index (κ3) is 2.27. The molecule has 4 aromatic rings. The van der Waals surface area contributed by atoms with E-state index in [1.54, 1.807) is 11.0 Å². The van der Waals surface area contributed by atoms with Crippen LogP contribution in [0.25, 0.3) is 21.9 Å². The topological polar surface area (TPSA) is 76.5 Å². The van der Waals surface area contributed by atoms with Crippen LogP contribution in [0.1, 0.15) is 23.9 Å². The molecule has 24 heavy (non-hydrogen) atoms. The molecule has 6 heteroatoms. The van der Waals surface area contributed by atoms with Crippen LogP contribution in [0, 0.1) is 6.92 Å². The average Bonchev–Trinajstić information content (AvgIpc) is 2.95. The lowest BCUT2D eigenvalue weighted by molar-refractivity contribution is 0.684. The standard InChI is InChI=1S/C18H17N5O/c1-3-14-16-11(2)19-10-20-17(16)23(22-14)9-13-8-12-6-4-5-7-15(12)21-18(13)24/h4-8,10H,3,9H2,1-2H3,(H,21,24). The molecule has 120 valence electrons. The Morgan fingerprint density at radius 3 is 2.88 bits per heavy atom. The van der Waals surface area contributed by atoms with Crippen LogP contribution < -0.4 is 5.56 Å². The first-order valence-corrected chi connectivity index (χ1v) is 7.95. The fourth-order valence-electron chi connectivity index (χ4n) is 3.07. The van der Waals surface area contributed by atoms with E-state index in [-0.39, 0.29) is 5.56 Å². The number of aryl methyl sites for hydroxylation is 2. The van der Waals surface area contributed by atoms with Gasteiger partial charge in [-0.3, -0.25) is 4.79 Å².